The van der Waals surface area contributed by atoms with Crippen molar-refractivity contribution in [1.82, 2.24) is 4.90 Å². The van der Waals surface area contributed by atoms with Gasteiger partial charge in [0.2, 0.25) is 0 Å². The van der Waals surface area contributed by atoms with Crippen LogP contribution in [-0.2, 0) is 0 Å². The topological polar surface area (TPSA) is 29.5 Å². The van der Waals surface area contributed by atoms with Crippen LogP contribution in [0.15, 0.2) is 22.7 Å². The van der Waals surface area contributed by atoms with E-state index in [2.05, 4.69) is 15.9 Å². The highest BCUT2D eigenvalue weighted by Crippen LogP contribution is 2.23. The molecule has 0 fully saturated rings. The Kier molecular flexibility index (Phi) is 4.15. The minimum Gasteiger partial charge on any atom is -0.497 e. The molecule has 0 radical (unpaired) electrons. The van der Waals surface area contributed by atoms with Crippen LogP contribution < -0.4 is 4.74 Å². The first kappa shape index (κ1) is 12.0. The van der Waals surface area contributed by atoms with Gasteiger partial charge in [0.05, 0.1) is 12.7 Å². The maximum atomic E-state index is 11.9. The van der Waals surface area contributed by atoms with Gasteiger partial charge in [-0.1, -0.05) is 0 Å². The Morgan fingerprint density at radius 1 is 1.53 bits per heavy atom. The maximum Gasteiger partial charge on any atom is 0.254 e. The Balaban J connectivity index is 3.07. The third-order valence-electron chi connectivity index (χ3n) is 2.22. The van der Waals surface area contributed by atoms with E-state index in [0.29, 0.717) is 17.9 Å². The lowest BCUT2D eigenvalue weighted by atomic mass is 10.2. The molecule has 1 aromatic carbocycles. The normalized spacial score (nSPS) is 9.87. The molecule has 15 heavy (non-hydrogen) atoms. The number of hydrogen-bond donors (Lipinski definition) is 0. The molecule has 3 nitrogen and oxygen atoms in total. The molecule has 0 spiro atoms. The number of benzene rings is 1. The summed E-state index contributed by atoms with van der Waals surface area (Å²) in [5.41, 5.74) is 0.624. The molecule has 0 saturated carbocycles. The standard InChI is InChI=1S/C11H14BrNO2/c1-4-13(2)11(14)9-7-8(15-3)5-6-10(9)12/h5-7H,4H2,1-3H3. The van der Waals surface area contributed by atoms with Gasteiger partial charge < -0.3 is 9.64 Å². The Bertz CT molecular complexity index is 366. The van der Waals surface area contributed by atoms with Crippen molar-refractivity contribution in [3.8, 4) is 5.75 Å². The van der Waals surface area contributed by atoms with Gasteiger partial charge >= 0.3 is 0 Å². The van der Waals surface area contributed by atoms with Crippen molar-refractivity contribution in [2.75, 3.05) is 20.7 Å². The van der Waals surface area contributed by atoms with E-state index in [1.807, 2.05) is 19.1 Å². The number of methoxy groups -OCH3 is 1. The number of carbonyl (C=O) groups is 1. The first-order chi connectivity index (χ1) is 7.10. The monoisotopic (exact) mass is 271 g/mol. The minimum atomic E-state index is -0.0109. The lowest BCUT2D eigenvalue weighted by Crippen LogP contribution is -2.26. The number of amides is 1. The molecule has 0 heterocycles. The van der Waals surface area contributed by atoms with Gasteiger partial charge in [0.15, 0.2) is 0 Å². The molecular formula is C11H14BrNO2. The molecule has 0 N–H and O–H groups in total. The van der Waals surface area contributed by atoms with E-state index in [0.717, 1.165) is 4.47 Å². The smallest absolute Gasteiger partial charge is 0.254 e. The van der Waals surface area contributed by atoms with Gasteiger partial charge in [-0.25, -0.2) is 0 Å². The van der Waals surface area contributed by atoms with Crippen molar-refractivity contribution in [3.63, 3.8) is 0 Å². The average molecular weight is 272 g/mol. The van der Waals surface area contributed by atoms with Crippen molar-refractivity contribution in [2.45, 2.75) is 6.92 Å². The summed E-state index contributed by atoms with van der Waals surface area (Å²) in [7, 11) is 3.36. The molecule has 1 amide bonds. The van der Waals surface area contributed by atoms with Crippen LogP contribution in [-0.4, -0.2) is 31.5 Å². The molecule has 82 valence electrons. The van der Waals surface area contributed by atoms with Gasteiger partial charge in [0.1, 0.15) is 5.75 Å². The van der Waals surface area contributed by atoms with Crippen molar-refractivity contribution in [1.29, 1.82) is 0 Å². The van der Waals surface area contributed by atoms with Crippen LogP contribution in [0.25, 0.3) is 0 Å². The number of halogens is 1. The van der Waals surface area contributed by atoms with Gasteiger partial charge in [-0.3, -0.25) is 4.79 Å². The van der Waals surface area contributed by atoms with Crippen LogP contribution in [0.5, 0.6) is 5.75 Å². The molecule has 1 aromatic rings. The molecular weight excluding hydrogens is 258 g/mol. The Morgan fingerprint density at radius 3 is 2.73 bits per heavy atom. The first-order valence-corrected chi connectivity index (χ1v) is 5.48. The second kappa shape index (κ2) is 5.16. The van der Waals surface area contributed by atoms with Gasteiger partial charge in [0.25, 0.3) is 5.91 Å². The van der Waals surface area contributed by atoms with Gasteiger partial charge in [-0.2, -0.15) is 0 Å². The molecule has 0 aliphatic heterocycles. The van der Waals surface area contributed by atoms with Crippen molar-refractivity contribution >= 4 is 21.8 Å². The number of carbonyl (C=O) groups excluding carboxylic acids is 1. The van der Waals surface area contributed by atoms with Gasteiger partial charge in [-0.05, 0) is 41.1 Å². The van der Waals surface area contributed by atoms with Crippen LogP contribution in [0.4, 0.5) is 0 Å². The third kappa shape index (κ3) is 2.72. The molecule has 0 atom stereocenters. The second-order valence-corrected chi connectivity index (χ2v) is 4.02. The quantitative estimate of drug-likeness (QED) is 0.846. The summed E-state index contributed by atoms with van der Waals surface area (Å²) in [5, 5.41) is 0. The van der Waals surface area contributed by atoms with Crippen LogP contribution in [0.3, 0.4) is 0 Å². The van der Waals surface area contributed by atoms with Crippen molar-refractivity contribution in [3.05, 3.63) is 28.2 Å². The molecule has 0 aliphatic carbocycles. The number of ether oxygens (including phenoxy) is 1. The SMILES string of the molecule is CCN(C)C(=O)c1cc(OC)ccc1Br. The number of nitrogens with zero attached hydrogens (tertiary/aromatic N) is 1. The molecule has 4 heteroatoms. The fraction of sp³-hybridized carbons (Fsp3) is 0.364. The van der Waals surface area contributed by atoms with Crippen LogP contribution in [0.1, 0.15) is 17.3 Å². The average Bonchev–Trinajstić information content (AvgIpc) is 2.27. The Hall–Kier alpha value is -1.03. The van der Waals surface area contributed by atoms with Crippen molar-refractivity contribution < 1.29 is 9.53 Å². The van der Waals surface area contributed by atoms with Gasteiger partial charge in [-0.15, -0.1) is 0 Å². The summed E-state index contributed by atoms with van der Waals surface area (Å²) in [4.78, 5) is 13.6. The Labute approximate surface area is 98.2 Å². The molecule has 0 aromatic heterocycles. The van der Waals surface area contributed by atoms with Crippen LogP contribution in [0, 0.1) is 0 Å². The fourth-order valence-corrected chi connectivity index (χ4v) is 1.56. The predicted molar refractivity (Wildman–Crippen MR) is 63.3 cm³/mol. The summed E-state index contributed by atoms with van der Waals surface area (Å²) in [6, 6.07) is 5.36. The third-order valence-corrected chi connectivity index (χ3v) is 2.92. The molecule has 0 bridgehead atoms. The first-order valence-electron chi connectivity index (χ1n) is 4.69. The molecule has 0 aliphatic rings. The predicted octanol–water partition coefficient (Wildman–Crippen LogP) is 2.55. The lowest BCUT2D eigenvalue weighted by Gasteiger charge is -2.15. The second-order valence-electron chi connectivity index (χ2n) is 3.17. The highest BCUT2D eigenvalue weighted by molar-refractivity contribution is 9.10. The zero-order chi connectivity index (χ0) is 11.4. The van der Waals surface area contributed by atoms with E-state index >= 15 is 0 Å². The zero-order valence-electron chi connectivity index (χ0n) is 9.08. The van der Waals surface area contributed by atoms with Crippen molar-refractivity contribution in [2.24, 2.45) is 0 Å². The summed E-state index contributed by atoms with van der Waals surface area (Å²) in [5.74, 6) is 0.675. The van der Waals surface area contributed by atoms with Crippen LogP contribution >= 0.6 is 15.9 Å². The van der Waals surface area contributed by atoms with E-state index in [9.17, 15) is 4.79 Å². The van der Waals surface area contributed by atoms with E-state index in [4.69, 9.17) is 4.74 Å². The summed E-state index contributed by atoms with van der Waals surface area (Å²) < 4.78 is 5.87. The molecule has 0 unspecified atom stereocenters. The van der Waals surface area contributed by atoms with Crippen LogP contribution in [0.2, 0.25) is 0 Å². The molecule has 1 rings (SSSR count). The zero-order valence-corrected chi connectivity index (χ0v) is 10.7. The fourth-order valence-electron chi connectivity index (χ4n) is 1.14. The minimum absolute atomic E-state index is 0.0109. The molecule has 0 saturated heterocycles. The summed E-state index contributed by atoms with van der Waals surface area (Å²) in [6.07, 6.45) is 0. The van der Waals surface area contributed by atoms with E-state index in [-0.39, 0.29) is 5.91 Å². The Morgan fingerprint density at radius 2 is 2.20 bits per heavy atom. The van der Waals surface area contributed by atoms with E-state index in [1.165, 1.54) is 0 Å². The maximum absolute atomic E-state index is 11.9. The largest absolute Gasteiger partial charge is 0.497 e. The number of hydrogen-bond acceptors (Lipinski definition) is 2. The lowest BCUT2D eigenvalue weighted by molar-refractivity contribution is 0.0801. The highest BCUT2D eigenvalue weighted by Gasteiger charge is 2.14. The summed E-state index contributed by atoms with van der Waals surface area (Å²) >= 11 is 3.35. The van der Waals surface area contributed by atoms with E-state index < -0.39 is 0 Å². The highest BCUT2D eigenvalue weighted by atomic mass is 79.9. The van der Waals surface area contributed by atoms with E-state index in [1.54, 1.807) is 25.1 Å². The summed E-state index contributed by atoms with van der Waals surface area (Å²) in [6.45, 7) is 2.62. The van der Waals surface area contributed by atoms with Gasteiger partial charge in [0, 0.05) is 18.1 Å². The number of rotatable bonds is 3.